The molecule has 1 amide bonds. The summed E-state index contributed by atoms with van der Waals surface area (Å²) >= 11 is 0. The van der Waals surface area contributed by atoms with Crippen molar-refractivity contribution in [3.8, 4) is 16.9 Å². The number of aromatic nitrogens is 3. The average molecular weight is 499 g/mol. The lowest BCUT2D eigenvalue weighted by molar-refractivity contribution is 0.0377. The Morgan fingerprint density at radius 3 is 2.32 bits per heavy atom. The molecule has 0 spiro atoms. The minimum absolute atomic E-state index is 0.0160. The van der Waals surface area contributed by atoms with Crippen LogP contribution in [0.3, 0.4) is 0 Å². The molecule has 0 radical (unpaired) electrons. The van der Waals surface area contributed by atoms with Gasteiger partial charge >= 0.3 is 12.1 Å². The summed E-state index contributed by atoms with van der Waals surface area (Å²) in [7, 11) is 1.31. The zero-order valence-corrected chi connectivity index (χ0v) is 21.4. The molecule has 1 aliphatic carbocycles. The molecule has 190 valence electrons. The van der Waals surface area contributed by atoms with Crippen LogP contribution in [-0.2, 0) is 15.0 Å². The van der Waals surface area contributed by atoms with Crippen LogP contribution in [0.15, 0.2) is 66.9 Å². The molecule has 8 heteroatoms. The van der Waals surface area contributed by atoms with Crippen molar-refractivity contribution >= 4 is 23.1 Å². The first-order valence-corrected chi connectivity index (χ1v) is 12.3. The van der Waals surface area contributed by atoms with Gasteiger partial charge in [0.05, 0.1) is 35.6 Å². The van der Waals surface area contributed by atoms with E-state index in [1.54, 1.807) is 6.20 Å². The smallest absolute Gasteiger partial charge is 0.408 e. The van der Waals surface area contributed by atoms with Crippen molar-refractivity contribution < 1.29 is 19.1 Å². The zero-order valence-electron chi connectivity index (χ0n) is 21.4. The third kappa shape index (κ3) is 4.79. The van der Waals surface area contributed by atoms with Crippen LogP contribution < -0.4 is 5.32 Å². The zero-order chi connectivity index (χ0) is 26.2. The normalized spacial score (nSPS) is 14.6. The van der Waals surface area contributed by atoms with Gasteiger partial charge in [-0.15, -0.1) is 0 Å². The number of amides is 1. The number of benzene rings is 2. The van der Waals surface area contributed by atoms with E-state index in [9.17, 15) is 9.59 Å². The molecular weight excluding hydrogens is 468 g/mol. The molecule has 0 atom stereocenters. The first-order valence-electron chi connectivity index (χ1n) is 12.3. The largest absolute Gasteiger partial charge is 0.463 e. The number of hydrogen-bond acceptors (Lipinski definition) is 6. The highest BCUT2D eigenvalue weighted by atomic mass is 16.6. The fourth-order valence-corrected chi connectivity index (χ4v) is 4.72. The summed E-state index contributed by atoms with van der Waals surface area (Å²) in [6.45, 7) is 5.58. The van der Waals surface area contributed by atoms with Crippen LogP contribution >= 0.6 is 0 Å². The van der Waals surface area contributed by atoms with Gasteiger partial charge in [0.1, 0.15) is 5.60 Å². The lowest BCUT2D eigenvalue weighted by atomic mass is 9.72. The monoisotopic (exact) mass is 498 g/mol. The van der Waals surface area contributed by atoms with Gasteiger partial charge in [-0.05, 0) is 69.4 Å². The Morgan fingerprint density at radius 1 is 1.03 bits per heavy atom. The second-order valence-corrected chi connectivity index (χ2v) is 10.3. The minimum atomic E-state index is -0.580. The van der Waals surface area contributed by atoms with Crippen molar-refractivity contribution in [2.24, 2.45) is 0 Å². The van der Waals surface area contributed by atoms with Crippen LogP contribution in [0.4, 0.5) is 4.79 Å². The number of esters is 1. The maximum atomic E-state index is 12.6. The highest BCUT2D eigenvalue weighted by molar-refractivity contribution is 5.91. The van der Waals surface area contributed by atoms with Crippen LogP contribution in [0.25, 0.3) is 28.0 Å². The van der Waals surface area contributed by atoms with E-state index in [0.29, 0.717) is 5.52 Å². The standard InChI is InChI=1S/C29H30N4O4/c1-28(2,3)37-27(35)32-29(15-8-16-29)20-11-13-21(14-12-20)33-23(19-9-6-5-7-10-19)17-22-24(33)18-30-25(31-22)26(34)36-4/h5-7,9-14,17-18H,8,15-16H2,1-4H3,(H,32,35). The SMILES string of the molecule is COC(=O)c1ncc2c(cc(-c3ccccc3)n2-c2ccc(C3(NC(=O)OC(C)(C)C)CCC3)cc2)n1. The van der Waals surface area contributed by atoms with Crippen molar-refractivity contribution in [1.82, 2.24) is 19.9 Å². The molecule has 2 aromatic heterocycles. The number of fused-ring (bicyclic) bond motifs is 1. The number of rotatable bonds is 5. The number of carbonyl (C=O) groups is 2. The predicted molar refractivity (Wildman–Crippen MR) is 141 cm³/mol. The second-order valence-electron chi connectivity index (χ2n) is 10.3. The molecule has 1 saturated carbocycles. The summed E-state index contributed by atoms with van der Waals surface area (Å²) < 4.78 is 12.4. The van der Waals surface area contributed by atoms with Gasteiger partial charge in [-0.3, -0.25) is 0 Å². The van der Waals surface area contributed by atoms with E-state index < -0.39 is 23.2 Å². The van der Waals surface area contributed by atoms with Crippen LogP contribution in [0.1, 0.15) is 56.2 Å². The van der Waals surface area contributed by atoms with Crippen molar-refractivity contribution in [2.75, 3.05) is 7.11 Å². The summed E-state index contributed by atoms with van der Waals surface area (Å²) in [5.74, 6) is -0.564. The van der Waals surface area contributed by atoms with Gasteiger partial charge in [0, 0.05) is 5.69 Å². The quantitative estimate of drug-likeness (QED) is 0.351. The summed E-state index contributed by atoms with van der Waals surface area (Å²) in [4.78, 5) is 33.3. The van der Waals surface area contributed by atoms with E-state index in [-0.39, 0.29) is 5.82 Å². The van der Waals surface area contributed by atoms with Crippen LogP contribution in [0, 0.1) is 0 Å². The summed E-state index contributed by atoms with van der Waals surface area (Å²) in [6.07, 6.45) is 4.00. The third-order valence-electron chi connectivity index (χ3n) is 6.62. The molecule has 1 fully saturated rings. The van der Waals surface area contributed by atoms with E-state index in [1.165, 1.54) is 7.11 Å². The van der Waals surface area contributed by atoms with Gasteiger partial charge in [0.15, 0.2) is 0 Å². The number of hydrogen-bond donors (Lipinski definition) is 1. The van der Waals surface area contributed by atoms with Gasteiger partial charge in [0.25, 0.3) is 0 Å². The molecule has 2 aromatic carbocycles. The summed E-state index contributed by atoms with van der Waals surface area (Å²) in [6, 6.07) is 20.1. The molecule has 0 unspecified atom stereocenters. The molecule has 8 nitrogen and oxygen atoms in total. The van der Waals surface area contributed by atoms with E-state index in [1.807, 2.05) is 69.3 Å². The Labute approximate surface area is 215 Å². The Morgan fingerprint density at radius 2 is 1.73 bits per heavy atom. The van der Waals surface area contributed by atoms with E-state index in [4.69, 9.17) is 9.47 Å². The van der Waals surface area contributed by atoms with Gasteiger partial charge in [0.2, 0.25) is 5.82 Å². The van der Waals surface area contributed by atoms with Gasteiger partial charge in [-0.2, -0.15) is 0 Å². The van der Waals surface area contributed by atoms with Crippen LogP contribution in [-0.4, -0.2) is 39.3 Å². The number of carbonyl (C=O) groups excluding carboxylic acids is 2. The average Bonchev–Trinajstić information content (AvgIpc) is 3.24. The van der Waals surface area contributed by atoms with E-state index >= 15 is 0 Å². The molecule has 1 N–H and O–H groups in total. The molecule has 0 aliphatic heterocycles. The molecule has 5 rings (SSSR count). The number of nitrogens with one attached hydrogen (secondary N) is 1. The first kappa shape index (κ1) is 24.5. The summed E-state index contributed by atoms with van der Waals surface area (Å²) in [5.41, 5.74) is 4.30. The van der Waals surface area contributed by atoms with Crippen LogP contribution in [0.2, 0.25) is 0 Å². The second kappa shape index (κ2) is 9.35. The molecule has 0 bridgehead atoms. The third-order valence-corrected chi connectivity index (χ3v) is 6.62. The van der Waals surface area contributed by atoms with Crippen molar-refractivity contribution in [3.05, 3.63) is 78.2 Å². The minimum Gasteiger partial charge on any atom is -0.463 e. The van der Waals surface area contributed by atoms with Gasteiger partial charge in [-0.25, -0.2) is 19.6 Å². The van der Waals surface area contributed by atoms with Crippen molar-refractivity contribution in [2.45, 2.75) is 51.2 Å². The maximum absolute atomic E-state index is 12.6. The van der Waals surface area contributed by atoms with Crippen molar-refractivity contribution in [1.29, 1.82) is 0 Å². The van der Waals surface area contributed by atoms with Gasteiger partial charge < -0.3 is 19.4 Å². The van der Waals surface area contributed by atoms with E-state index in [0.717, 1.165) is 47.3 Å². The van der Waals surface area contributed by atoms with E-state index in [2.05, 4.69) is 32.0 Å². The predicted octanol–water partition coefficient (Wildman–Crippen LogP) is 5.78. The first-order chi connectivity index (χ1) is 17.7. The Hall–Kier alpha value is -4.20. The molecule has 37 heavy (non-hydrogen) atoms. The number of methoxy groups -OCH3 is 1. The molecule has 4 aromatic rings. The molecular formula is C29H30N4O4. The Kier molecular flexibility index (Phi) is 6.19. The van der Waals surface area contributed by atoms with Crippen LogP contribution in [0.5, 0.6) is 0 Å². The van der Waals surface area contributed by atoms with Crippen molar-refractivity contribution in [3.63, 3.8) is 0 Å². The van der Waals surface area contributed by atoms with Gasteiger partial charge in [-0.1, -0.05) is 42.5 Å². The highest BCUT2D eigenvalue weighted by Crippen LogP contribution is 2.42. The molecule has 2 heterocycles. The fraction of sp³-hybridized carbons (Fsp3) is 0.310. The number of ether oxygens (including phenoxy) is 2. The lowest BCUT2D eigenvalue weighted by Crippen LogP contribution is -2.52. The number of nitrogens with zero attached hydrogens (tertiary/aromatic N) is 3. The molecule has 1 aliphatic rings. The fourth-order valence-electron chi connectivity index (χ4n) is 4.72. The summed E-state index contributed by atoms with van der Waals surface area (Å²) in [5, 5.41) is 3.11. The number of alkyl carbamates (subject to hydrolysis) is 1. The Bertz CT molecular complexity index is 1450. The topological polar surface area (TPSA) is 95.3 Å². The Balaban J connectivity index is 1.54. The lowest BCUT2D eigenvalue weighted by Gasteiger charge is -2.43. The highest BCUT2D eigenvalue weighted by Gasteiger charge is 2.41. The maximum Gasteiger partial charge on any atom is 0.408 e. The molecule has 0 saturated heterocycles.